The molecule has 0 unspecified atom stereocenters. The van der Waals surface area contributed by atoms with Crippen molar-refractivity contribution in [2.45, 2.75) is 23.1 Å². The number of nitrogens with zero attached hydrogens (tertiary/aromatic N) is 2. The molecule has 152 valence electrons. The van der Waals surface area contributed by atoms with E-state index in [0.717, 1.165) is 17.5 Å². The Labute approximate surface area is 177 Å². The second-order valence-electron chi connectivity index (χ2n) is 6.38. The lowest BCUT2D eigenvalue weighted by Crippen LogP contribution is -2.14. The molecule has 1 aromatic heterocycles. The van der Waals surface area contributed by atoms with Gasteiger partial charge >= 0.3 is 0 Å². The zero-order valence-corrected chi connectivity index (χ0v) is 18.5. The van der Waals surface area contributed by atoms with E-state index in [4.69, 9.17) is 0 Å². The minimum absolute atomic E-state index is 0.173. The van der Waals surface area contributed by atoms with Crippen molar-refractivity contribution in [3.05, 3.63) is 53.6 Å². The third kappa shape index (κ3) is 5.78. The predicted molar refractivity (Wildman–Crippen MR) is 118 cm³/mol. The van der Waals surface area contributed by atoms with Crippen LogP contribution in [-0.2, 0) is 14.6 Å². The van der Waals surface area contributed by atoms with Crippen molar-refractivity contribution in [1.82, 2.24) is 10.2 Å². The van der Waals surface area contributed by atoms with Crippen molar-refractivity contribution in [3.8, 4) is 0 Å². The number of thioether (sulfide) groups is 1. The van der Waals surface area contributed by atoms with Gasteiger partial charge in [-0.1, -0.05) is 35.2 Å². The van der Waals surface area contributed by atoms with Gasteiger partial charge in [0.15, 0.2) is 14.2 Å². The maximum atomic E-state index is 12.1. The van der Waals surface area contributed by atoms with Crippen LogP contribution >= 0.6 is 23.1 Å². The summed E-state index contributed by atoms with van der Waals surface area (Å²) < 4.78 is 23.6. The van der Waals surface area contributed by atoms with Crippen LogP contribution in [0.3, 0.4) is 0 Å². The van der Waals surface area contributed by atoms with Crippen LogP contribution in [0, 0.1) is 13.8 Å². The molecule has 0 atom stereocenters. The van der Waals surface area contributed by atoms with Gasteiger partial charge in [-0.3, -0.25) is 4.79 Å². The number of hydrogen-bond donors (Lipinski definition) is 2. The molecule has 0 fully saturated rings. The third-order valence-corrected chi connectivity index (χ3v) is 7.25. The molecule has 7 nitrogen and oxygen atoms in total. The van der Waals surface area contributed by atoms with E-state index in [2.05, 4.69) is 33.8 Å². The first kappa shape index (κ1) is 21.3. The average molecular weight is 449 g/mol. The predicted octanol–water partition coefficient (Wildman–Crippen LogP) is 4.03. The van der Waals surface area contributed by atoms with Crippen LogP contribution in [0.5, 0.6) is 0 Å². The Kier molecular flexibility index (Phi) is 6.56. The highest BCUT2D eigenvalue weighted by molar-refractivity contribution is 8.01. The van der Waals surface area contributed by atoms with Gasteiger partial charge in [-0.2, -0.15) is 0 Å². The van der Waals surface area contributed by atoms with Crippen LogP contribution in [0.2, 0.25) is 0 Å². The molecule has 0 aliphatic carbocycles. The Balaban J connectivity index is 1.54. The van der Waals surface area contributed by atoms with E-state index in [1.54, 1.807) is 12.1 Å². The molecule has 0 bridgehead atoms. The smallest absolute Gasteiger partial charge is 0.234 e. The van der Waals surface area contributed by atoms with Gasteiger partial charge in [0, 0.05) is 17.6 Å². The van der Waals surface area contributed by atoms with Gasteiger partial charge in [0.05, 0.1) is 10.6 Å². The lowest BCUT2D eigenvalue weighted by molar-refractivity contribution is -0.113. The molecule has 0 saturated carbocycles. The third-order valence-electron chi connectivity index (χ3n) is 4.15. The standard InChI is InChI=1S/C19H20N4O3S3/c1-12-5-4-6-16(13(12)2)21-18-22-23-19(28-18)27-11-17(24)20-14-7-9-15(10-8-14)29(3,25)26/h4-10H,11H2,1-3H3,(H,20,24)(H,21,22). The number of nitrogens with one attached hydrogen (secondary N) is 2. The van der Waals surface area contributed by atoms with Crippen molar-refractivity contribution in [2.75, 3.05) is 22.6 Å². The summed E-state index contributed by atoms with van der Waals surface area (Å²) in [4.78, 5) is 12.3. The molecule has 29 heavy (non-hydrogen) atoms. The van der Waals surface area contributed by atoms with Gasteiger partial charge in [-0.05, 0) is 55.3 Å². The van der Waals surface area contributed by atoms with Gasteiger partial charge in [-0.25, -0.2) is 8.42 Å². The van der Waals surface area contributed by atoms with Gasteiger partial charge in [0.1, 0.15) is 0 Å². The molecular weight excluding hydrogens is 428 g/mol. The number of benzene rings is 2. The summed E-state index contributed by atoms with van der Waals surface area (Å²) in [7, 11) is -3.26. The first-order chi connectivity index (χ1) is 13.7. The average Bonchev–Trinajstić information content (AvgIpc) is 3.11. The first-order valence-electron chi connectivity index (χ1n) is 8.62. The van der Waals surface area contributed by atoms with Crippen molar-refractivity contribution in [3.63, 3.8) is 0 Å². The number of sulfone groups is 1. The molecule has 0 radical (unpaired) electrons. The van der Waals surface area contributed by atoms with Gasteiger partial charge in [-0.15, -0.1) is 10.2 Å². The van der Waals surface area contributed by atoms with Crippen molar-refractivity contribution >= 4 is 55.3 Å². The quantitative estimate of drug-likeness (QED) is 0.526. The van der Waals surface area contributed by atoms with Gasteiger partial charge < -0.3 is 10.6 Å². The van der Waals surface area contributed by atoms with E-state index >= 15 is 0 Å². The molecular formula is C19H20N4O3S3. The number of carbonyl (C=O) groups excluding carboxylic acids is 1. The molecule has 0 saturated heterocycles. The number of hydrogen-bond acceptors (Lipinski definition) is 8. The number of rotatable bonds is 7. The molecule has 1 amide bonds. The summed E-state index contributed by atoms with van der Waals surface area (Å²) in [6, 6.07) is 12.1. The number of anilines is 3. The summed E-state index contributed by atoms with van der Waals surface area (Å²) in [5.41, 5.74) is 3.86. The lowest BCUT2D eigenvalue weighted by atomic mass is 10.1. The van der Waals surface area contributed by atoms with Crippen LogP contribution in [-0.4, -0.2) is 36.5 Å². The second-order valence-corrected chi connectivity index (χ2v) is 10.6. The zero-order chi connectivity index (χ0) is 21.0. The fourth-order valence-electron chi connectivity index (χ4n) is 2.43. The Morgan fingerprint density at radius 2 is 1.83 bits per heavy atom. The largest absolute Gasteiger partial charge is 0.330 e. The summed E-state index contributed by atoms with van der Waals surface area (Å²) in [5, 5.41) is 14.9. The van der Waals surface area contributed by atoms with Crippen LogP contribution < -0.4 is 10.6 Å². The molecule has 3 aromatic rings. The monoisotopic (exact) mass is 448 g/mol. The minimum Gasteiger partial charge on any atom is -0.330 e. The molecule has 0 spiro atoms. The van der Waals surface area contributed by atoms with Crippen LogP contribution in [0.1, 0.15) is 11.1 Å². The van der Waals surface area contributed by atoms with E-state index in [0.29, 0.717) is 15.2 Å². The highest BCUT2D eigenvalue weighted by atomic mass is 32.2. The number of aryl methyl sites for hydroxylation is 1. The maximum absolute atomic E-state index is 12.1. The van der Waals surface area contributed by atoms with Crippen LogP contribution in [0.4, 0.5) is 16.5 Å². The Morgan fingerprint density at radius 3 is 2.52 bits per heavy atom. The summed E-state index contributed by atoms with van der Waals surface area (Å²) in [6.45, 7) is 4.09. The molecule has 2 aromatic carbocycles. The van der Waals surface area contributed by atoms with E-state index in [-0.39, 0.29) is 16.6 Å². The molecule has 10 heteroatoms. The molecule has 2 N–H and O–H groups in total. The van der Waals surface area contributed by atoms with Gasteiger partial charge in [0.25, 0.3) is 0 Å². The summed E-state index contributed by atoms with van der Waals surface area (Å²) >= 11 is 2.67. The van der Waals surface area contributed by atoms with E-state index < -0.39 is 9.84 Å². The topological polar surface area (TPSA) is 101 Å². The maximum Gasteiger partial charge on any atom is 0.234 e. The molecule has 0 aliphatic rings. The highest BCUT2D eigenvalue weighted by Gasteiger charge is 2.11. The van der Waals surface area contributed by atoms with Crippen molar-refractivity contribution in [1.29, 1.82) is 0 Å². The fourth-order valence-corrected chi connectivity index (χ4v) is 4.62. The highest BCUT2D eigenvalue weighted by Crippen LogP contribution is 2.29. The van der Waals surface area contributed by atoms with Crippen molar-refractivity contribution in [2.24, 2.45) is 0 Å². The molecule has 0 aliphatic heterocycles. The second kappa shape index (κ2) is 8.93. The number of amides is 1. The Morgan fingerprint density at radius 1 is 1.10 bits per heavy atom. The van der Waals surface area contributed by atoms with Crippen LogP contribution in [0.25, 0.3) is 0 Å². The van der Waals surface area contributed by atoms with E-state index in [1.807, 2.05) is 19.1 Å². The molecule has 1 heterocycles. The summed E-state index contributed by atoms with van der Waals surface area (Å²) in [6.07, 6.45) is 1.14. The van der Waals surface area contributed by atoms with E-state index in [1.165, 1.54) is 40.8 Å². The first-order valence-corrected chi connectivity index (χ1v) is 12.3. The summed E-state index contributed by atoms with van der Waals surface area (Å²) in [5.74, 6) is -0.0345. The number of aromatic nitrogens is 2. The number of carbonyl (C=O) groups is 1. The lowest BCUT2D eigenvalue weighted by Gasteiger charge is -2.08. The fraction of sp³-hybridized carbons (Fsp3) is 0.211. The SMILES string of the molecule is Cc1cccc(Nc2nnc(SCC(=O)Nc3ccc(S(C)(=O)=O)cc3)s2)c1C. The Hall–Kier alpha value is -2.43. The molecule has 3 rings (SSSR count). The van der Waals surface area contributed by atoms with Crippen LogP contribution in [0.15, 0.2) is 51.7 Å². The normalized spacial score (nSPS) is 11.3. The van der Waals surface area contributed by atoms with E-state index in [9.17, 15) is 13.2 Å². The van der Waals surface area contributed by atoms with Crippen molar-refractivity contribution < 1.29 is 13.2 Å². The van der Waals surface area contributed by atoms with Gasteiger partial charge in [0.2, 0.25) is 11.0 Å². The minimum atomic E-state index is -3.26. The zero-order valence-electron chi connectivity index (χ0n) is 16.1. The Bertz CT molecular complexity index is 1130.